The van der Waals surface area contributed by atoms with Gasteiger partial charge in [0.05, 0.1) is 12.7 Å². The highest BCUT2D eigenvalue weighted by atomic mass is 32.2. The maximum atomic E-state index is 11.7. The van der Waals surface area contributed by atoms with E-state index < -0.39 is 62.0 Å². The Balaban J connectivity index is 2.17. The topological polar surface area (TPSA) is 157 Å². The first-order valence-electron chi connectivity index (χ1n) is 6.75. The smallest absolute Gasteiger partial charge is 0.267 e. The molecule has 2 rings (SSSR count). The van der Waals surface area contributed by atoms with Crippen molar-refractivity contribution in [3.63, 3.8) is 0 Å². The third-order valence-corrected chi connectivity index (χ3v) is 8.40. The monoisotopic (exact) mass is 360 g/mol. The van der Waals surface area contributed by atoms with Gasteiger partial charge in [-0.1, -0.05) is 0 Å². The molecule has 2 aliphatic heterocycles. The van der Waals surface area contributed by atoms with Gasteiger partial charge < -0.3 is 34.8 Å². The molecule has 0 radical (unpaired) electrons. The van der Waals surface area contributed by atoms with E-state index in [1.165, 1.54) is 6.92 Å². The number of ether oxygens (including phenoxy) is 1. The number of aliphatic hydroxyl groups is 4. The third kappa shape index (κ3) is 3.28. The van der Waals surface area contributed by atoms with E-state index >= 15 is 0 Å². The van der Waals surface area contributed by atoms with Crippen LogP contribution in [0.5, 0.6) is 0 Å². The lowest BCUT2D eigenvalue weighted by atomic mass is 10.1. The average molecular weight is 360 g/mol. The standard InChI is InChI=1S/C11H20O9S2/c1-5-9(14)11(22(17,18)20-16)7(19-5)4-21-3-6(13)10(15)8(21)2-12/h5-15H,2-4H2,1H3/t5?,6-,7-,8-,9+,10+,11+,21?/m1/s1. The van der Waals surface area contributed by atoms with Gasteiger partial charge in [-0.3, -0.25) is 0 Å². The second-order valence-electron chi connectivity index (χ2n) is 5.55. The summed E-state index contributed by atoms with van der Waals surface area (Å²) < 4.78 is 32.1. The summed E-state index contributed by atoms with van der Waals surface area (Å²) in [5, 5.41) is 47.0. The van der Waals surface area contributed by atoms with Crippen molar-refractivity contribution in [3.05, 3.63) is 0 Å². The van der Waals surface area contributed by atoms with Crippen LogP contribution >= 0.6 is 0 Å². The summed E-state index contributed by atoms with van der Waals surface area (Å²) in [6, 6.07) is 0. The van der Waals surface area contributed by atoms with Gasteiger partial charge in [0, 0.05) is 10.9 Å². The van der Waals surface area contributed by atoms with Crippen molar-refractivity contribution < 1.29 is 43.2 Å². The molecule has 2 heterocycles. The van der Waals surface area contributed by atoms with Crippen LogP contribution in [0.25, 0.3) is 0 Å². The molecule has 4 N–H and O–H groups in total. The van der Waals surface area contributed by atoms with E-state index in [1.54, 1.807) is 0 Å². The van der Waals surface area contributed by atoms with Crippen molar-refractivity contribution in [2.24, 2.45) is 0 Å². The Hall–Kier alpha value is 0.0200. The van der Waals surface area contributed by atoms with Gasteiger partial charge in [-0.15, -0.1) is 0 Å². The molecule has 0 aromatic carbocycles. The van der Waals surface area contributed by atoms with E-state index in [9.17, 15) is 34.1 Å². The molecule has 0 amide bonds. The summed E-state index contributed by atoms with van der Waals surface area (Å²) in [6.45, 7) is 1.12. The van der Waals surface area contributed by atoms with E-state index in [-0.39, 0.29) is 18.1 Å². The zero-order valence-electron chi connectivity index (χ0n) is 11.8. The molecule has 2 unspecified atom stereocenters. The van der Waals surface area contributed by atoms with Crippen molar-refractivity contribution in [1.29, 1.82) is 0 Å². The predicted octanol–water partition coefficient (Wildman–Crippen LogP) is -4.16. The molecule has 2 aliphatic rings. The Morgan fingerprint density at radius 2 is 1.95 bits per heavy atom. The van der Waals surface area contributed by atoms with Gasteiger partial charge in [0.15, 0.2) is 5.25 Å². The molecule has 2 fully saturated rings. The van der Waals surface area contributed by atoms with Crippen LogP contribution in [-0.4, -0.2) is 88.0 Å². The van der Waals surface area contributed by atoms with Gasteiger partial charge in [0.25, 0.3) is 10.1 Å². The number of aliphatic hydroxyl groups excluding tert-OH is 4. The van der Waals surface area contributed by atoms with Crippen molar-refractivity contribution in [3.8, 4) is 0 Å². The SMILES string of the molecule is CC1O[C@H](C[S+]2C[C@@H](O)[C@H](O)[C@H]2CO)[C@H](S(=O)(=O)O[O-])[C@H]1O. The largest absolute Gasteiger partial charge is 0.707 e. The first-order chi connectivity index (χ1) is 10.2. The third-order valence-electron chi connectivity index (χ3n) is 4.15. The molecule has 22 heavy (non-hydrogen) atoms. The molecule has 0 aliphatic carbocycles. The van der Waals surface area contributed by atoms with E-state index in [4.69, 9.17) is 4.74 Å². The van der Waals surface area contributed by atoms with E-state index in [1.807, 2.05) is 0 Å². The van der Waals surface area contributed by atoms with Gasteiger partial charge in [0.2, 0.25) is 0 Å². The zero-order chi connectivity index (χ0) is 16.7. The zero-order valence-corrected chi connectivity index (χ0v) is 13.4. The van der Waals surface area contributed by atoms with Crippen molar-refractivity contribution in [2.45, 2.75) is 47.9 Å². The quantitative estimate of drug-likeness (QED) is 0.217. The molecule has 11 heteroatoms. The van der Waals surface area contributed by atoms with E-state index in [2.05, 4.69) is 4.33 Å². The van der Waals surface area contributed by atoms with E-state index in [0.29, 0.717) is 0 Å². The first kappa shape index (κ1) is 18.4. The van der Waals surface area contributed by atoms with Crippen LogP contribution in [0, 0.1) is 0 Å². The minimum absolute atomic E-state index is 0.0913. The summed E-state index contributed by atoms with van der Waals surface area (Å²) >= 11 is 0. The van der Waals surface area contributed by atoms with Gasteiger partial charge >= 0.3 is 0 Å². The molecule has 0 aromatic heterocycles. The lowest BCUT2D eigenvalue weighted by Crippen LogP contribution is -2.45. The molecule has 0 aromatic rings. The van der Waals surface area contributed by atoms with Gasteiger partial charge in [-0.05, 0) is 6.92 Å². The first-order valence-corrected chi connectivity index (χ1v) is 9.84. The maximum Gasteiger partial charge on any atom is 0.267 e. The Kier molecular flexibility index (Phi) is 5.73. The van der Waals surface area contributed by atoms with Crippen LogP contribution in [0.2, 0.25) is 0 Å². The Morgan fingerprint density at radius 3 is 2.50 bits per heavy atom. The highest BCUT2D eigenvalue weighted by Crippen LogP contribution is 2.32. The number of hydrogen-bond donors (Lipinski definition) is 4. The molecule has 0 saturated carbocycles. The van der Waals surface area contributed by atoms with Crippen LogP contribution in [0.1, 0.15) is 6.92 Å². The summed E-state index contributed by atoms with van der Waals surface area (Å²) in [5.74, 6) is 0.287. The predicted molar refractivity (Wildman–Crippen MR) is 74.1 cm³/mol. The van der Waals surface area contributed by atoms with Gasteiger partial charge in [0.1, 0.15) is 41.2 Å². The van der Waals surface area contributed by atoms with Crippen LogP contribution < -0.4 is 5.26 Å². The minimum atomic E-state index is -4.54. The normalized spacial score (nSPS) is 46.3. The van der Waals surface area contributed by atoms with Gasteiger partial charge in [-0.25, -0.2) is 0 Å². The second-order valence-corrected chi connectivity index (χ2v) is 9.56. The summed E-state index contributed by atoms with van der Waals surface area (Å²) in [6.07, 6.45) is -5.30. The van der Waals surface area contributed by atoms with Crippen LogP contribution in [0.15, 0.2) is 0 Å². The fourth-order valence-corrected chi connectivity index (χ4v) is 7.03. The fraction of sp³-hybridized carbons (Fsp3) is 1.00. The summed E-state index contributed by atoms with van der Waals surface area (Å²) in [5.41, 5.74) is 0. The molecule has 0 bridgehead atoms. The van der Waals surface area contributed by atoms with Crippen molar-refractivity contribution >= 4 is 21.0 Å². The Labute approximate surface area is 130 Å². The molecule has 2 saturated heterocycles. The highest BCUT2D eigenvalue weighted by Gasteiger charge is 2.56. The van der Waals surface area contributed by atoms with Gasteiger partial charge in [-0.2, -0.15) is 8.42 Å². The van der Waals surface area contributed by atoms with Crippen molar-refractivity contribution in [2.75, 3.05) is 18.1 Å². The molecule has 9 nitrogen and oxygen atoms in total. The Bertz CT molecular complexity index is 484. The second kappa shape index (κ2) is 6.87. The summed E-state index contributed by atoms with van der Waals surface area (Å²) in [7, 11) is -5.25. The molecule has 8 atom stereocenters. The lowest BCUT2D eigenvalue weighted by Gasteiger charge is -2.22. The number of rotatable bonds is 5. The maximum absolute atomic E-state index is 11.7. The fourth-order valence-electron chi connectivity index (χ4n) is 2.96. The molecule has 130 valence electrons. The molecular weight excluding hydrogens is 340 g/mol. The molecule has 0 spiro atoms. The summed E-state index contributed by atoms with van der Waals surface area (Å²) in [4.78, 5) is 0. The van der Waals surface area contributed by atoms with Crippen LogP contribution in [-0.2, 0) is 30.1 Å². The Morgan fingerprint density at radius 1 is 1.32 bits per heavy atom. The van der Waals surface area contributed by atoms with Crippen LogP contribution in [0.3, 0.4) is 0 Å². The lowest BCUT2D eigenvalue weighted by molar-refractivity contribution is -0.635. The van der Waals surface area contributed by atoms with Crippen molar-refractivity contribution in [1.82, 2.24) is 0 Å². The van der Waals surface area contributed by atoms with Crippen LogP contribution in [0.4, 0.5) is 0 Å². The van der Waals surface area contributed by atoms with E-state index in [0.717, 1.165) is 0 Å². The number of hydrogen-bond acceptors (Lipinski definition) is 9. The highest BCUT2D eigenvalue weighted by molar-refractivity contribution is 7.98. The minimum Gasteiger partial charge on any atom is -0.707 e. The molecular formula is C11H20O9S2. The average Bonchev–Trinajstić information content (AvgIpc) is 2.88.